The first-order chi connectivity index (χ1) is 29.8. The third-order valence-electron chi connectivity index (χ3n) is 11.8. The first-order valence-corrected chi connectivity index (χ1v) is 22.7. The number of nitrogens with zero attached hydrogens (tertiary/aromatic N) is 1. The quantitative estimate of drug-likeness (QED) is 0.0987. The van der Waals surface area contributed by atoms with Crippen molar-refractivity contribution in [1.82, 2.24) is 0 Å². The van der Waals surface area contributed by atoms with E-state index in [-0.39, 0.29) is 0 Å². The lowest BCUT2D eigenvalue weighted by molar-refractivity contribution is 1.28. The highest BCUT2D eigenvalue weighted by molar-refractivity contribution is 7.19. The van der Waals surface area contributed by atoms with E-state index in [0.29, 0.717) is 0 Å². The minimum absolute atomic E-state index is 1.11. The molecule has 60 heavy (non-hydrogen) atoms. The van der Waals surface area contributed by atoms with Crippen LogP contribution < -0.4 is 25.6 Å². The molecule has 0 saturated heterocycles. The Balaban J connectivity index is 1.000. The summed E-state index contributed by atoms with van der Waals surface area (Å²) in [6, 6.07) is 95.3. The maximum absolute atomic E-state index is 2.59. The topological polar surface area (TPSA) is 3.24 Å². The molecule has 0 aliphatic heterocycles. The Labute approximate surface area is 354 Å². The van der Waals surface area contributed by atoms with Crippen molar-refractivity contribution in [2.75, 3.05) is 4.90 Å². The van der Waals surface area contributed by atoms with Crippen molar-refractivity contribution in [3.05, 3.63) is 261 Å². The number of rotatable bonds is 10. The molecule has 0 unspecified atom stereocenters. The van der Waals surface area contributed by atoms with E-state index in [4.69, 9.17) is 0 Å². The van der Waals surface area contributed by atoms with Gasteiger partial charge in [-0.1, -0.05) is 224 Å². The van der Waals surface area contributed by atoms with Crippen molar-refractivity contribution in [3.63, 3.8) is 0 Å². The molecule has 0 aliphatic carbocycles. The summed E-state index contributed by atoms with van der Waals surface area (Å²) in [6.07, 6.45) is 0. The van der Waals surface area contributed by atoms with Crippen molar-refractivity contribution in [3.8, 4) is 33.4 Å². The molecule has 2 heteroatoms. The summed E-state index contributed by atoms with van der Waals surface area (Å²) in [5.41, 5.74) is 10.6. The molecule has 10 rings (SSSR count). The van der Waals surface area contributed by atoms with Gasteiger partial charge in [-0.3, -0.25) is 0 Å². The van der Waals surface area contributed by atoms with Crippen LogP contribution in [0, 0.1) is 0 Å². The fourth-order valence-corrected chi connectivity index (χ4v) is 13.8. The summed E-state index contributed by atoms with van der Waals surface area (Å²) in [7, 11) is -2.59. The lowest BCUT2D eigenvalue weighted by atomic mass is 9.91. The van der Waals surface area contributed by atoms with Gasteiger partial charge < -0.3 is 4.90 Å². The van der Waals surface area contributed by atoms with E-state index in [0.717, 1.165) is 17.1 Å². The highest BCUT2D eigenvalue weighted by Gasteiger charge is 2.41. The molecule has 0 amide bonds. The average Bonchev–Trinajstić information content (AvgIpc) is 3.34. The largest absolute Gasteiger partial charge is 0.311 e. The predicted molar refractivity (Wildman–Crippen MR) is 259 cm³/mol. The minimum atomic E-state index is -2.59. The number of fused-ring (bicyclic) bond motifs is 1. The third-order valence-corrected chi connectivity index (χ3v) is 16.6. The summed E-state index contributed by atoms with van der Waals surface area (Å²) in [5, 5.41) is 8.01. The molecule has 0 radical (unpaired) electrons. The van der Waals surface area contributed by atoms with Crippen LogP contribution in [0.1, 0.15) is 0 Å². The van der Waals surface area contributed by atoms with Crippen LogP contribution in [0.25, 0.3) is 44.2 Å². The number of hydrogen-bond donors (Lipinski definition) is 0. The van der Waals surface area contributed by atoms with Gasteiger partial charge in [0.25, 0.3) is 0 Å². The van der Waals surface area contributed by atoms with Gasteiger partial charge in [0.2, 0.25) is 0 Å². The van der Waals surface area contributed by atoms with E-state index in [1.807, 2.05) is 0 Å². The molecule has 0 atom stereocenters. The molecule has 0 aliphatic rings. The second kappa shape index (κ2) is 16.4. The van der Waals surface area contributed by atoms with Crippen molar-refractivity contribution in [1.29, 1.82) is 0 Å². The zero-order valence-electron chi connectivity index (χ0n) is 33.3. The summed E-state index contributed by atoms with van der Waals surface area (Å²) in [5.74, 6) is 0. The van der Waals surface area contributed by atoms with Crippen LogP contribution in [0.4, 0.5) is 17.1 Å². The fraction of sp³-hybridized carbons (Fsp3) is 0. The molecular formula is C58H43NSi. The van der Waals surface area contributed by atoms with Gasteiger partial charge in [0.1, 0.15) is 0 Å². The van der Waals surface area contributed by atoms with Crippen LogP contribution in [-0.2, 0) is 0 Å². The molecule has 1 nitrogen and oxygen atoms in total. The first-order valence-electron chi connectivity index (χ1n) is 20.7. The fourth-order valence-electron chi connectivity index (χ4n) is 9.03. The Kier molecular flexibility index (Phi) is 10.0. The third kappa shape index (κ3) is 6.83. The van der Waals surface area contributed by atoms with Crippen molar-refractivity contribution >= 4 is 56.7 Å². The predicted octanol–water partition coefficient (Wildman–Crippen LogP) is 12.7. The van der Waals surface area contributed by atoms with Crippen LogP contribution in [0.3, 0.4) is 0 Å². The van der Waals surface area contributed by atoms with Gasteiger partial charge in [0.05, 0.1) is 0 Å². The summed E-state index contributed by atoms with van der Waals surface area (Å²) < 4.78 is 0. The van der Waals surface area contributed by atoms with Gasteiger partial charge in [0, 0.05) is 17.1 Å². The summed E-state index contributed by atoms with van der Waals surface area (Å²) >= 11 is 0. The van der Waals surface area contributed by atoms with Gasteiger partial charge in [-0.05, 0) is 101 Å². The van der Waals surface area contributed by atoms with E-state index in [1.165, 1.54) is 64.9 Å². The minimum Gasteiger partial charge on any atom is -0.311 e. The first kappa shape index (κ1) is 36.8. The second-order valence-corrected chi connectivity index (χ2v) is 19.1. The molecule has 0 bridgehead atoms. The van der Waals surface area contributed by atoms with E-state index in [9.17, 15) is 0 Å². The maximum Gasteiger partial charge on any atom is 0.179 e. The Bertz CT molecular complexity index is 2870. The lowest BCUT2D eigenvalue weighted by Gasteiger charge is -2.34. The SMILES string of the molecule is c1ccc(-c2cccc3cccc(-c4ccc(N(c5ccccc5)c5ccc(-c6ccc([Si](c7ccccc7)(c7ccccc7)c7ccccc7)cc6)cc5)cc4)c23)cc1. The molecule has 284 valence electrons. The molecule has 10 aromatic rings. The lowest BCUT2D eigenvalue weighted by Crippen LogP contribution is -2.74. The van der Waals surface area contributed by atoms with E-state index >= 15 is 0 Å². The van der Waals surface area contributed by atoms with Gasteiger partial charge >= 0.3 is 0 Å². The summed E-state index contributed by atoms with van der Waals surface area (Å²) in [6.45, 7) is 0. The summed E-state index contributed by atoms with van der Waals surface area (Å²) in [4.78, 5) is 2.34. The van der Waals surface area contributed by atoms with Crippen molar-refractivity contribution in [2.24, 2.45) is 0 Å². The number of benzene rings is 10. The monoisotopic (exact) mass is 781 g/mol. The number of para-hydroxylation sites is 1. The van der Waals surface area contributed by atoms with E-state index < -0.39 is 8.07 Å². The molecule has 0 N–H and O–H groups in total. The van der Waals surface area contributed by atoms with Crippen LogP contribution in [0.5, 0.6) is 0 Å². The molecule has 0 saturated carbocycles. The van der Waals surface area contributed by atoms with Gasteiger partial charge in [-0.15, -0.1) is 0 Å². The zero-order valence-corrected chi connectivity index (χ0v) is 34.3. The number of hydrogen-bond acceptors (Lipinski definition) is 1. The van der Waals surface area contributed by atoms with Crippen LogP contribution in [0.2, 0.25) is 0 Å². The molecule has 0 heterocycles. The zero-order chi connectivity index (χ0) is 40.1. The molecule has 0 aromatic heterocycles. The van der Waals surface area contributed by atoms with Crippen molar-refractivity contribution < 1.29 is 0 Å². The maximum atomic E-state index is 2.37. The molecule has 0 spiro atoms. The second-order valence-electron chi connectivity index (χ2n) is 15.3. The standard InChI is InChI=1S/C58H43NSi/c1-6-18-46(19-7-1)56-30-16-20-48-21-17-31-57(58(48)56)47-34-40-51(41-35-47)59(49-22-8-2-9-23-49)50-38-32-44(33-39-50)45-36-42-55(43-37-45)60(52-24-10-3-11-25-52,53-26-12-4-13-27-53)54-28-14-5-15-29-54/h1-43H. The Morgan fingerprint density at radius 1 is 0.233 bits per heavy atom. The molecule has 0 fully saturated rings. The van der Waals surface area contributed by atoms with E-state index in [1.54, 1.807) is 0 Å². The Hall–Kier alpha value is -7.52. The average molecular weight is 782 g/mol. The molecule has 10 aromatic carbocycles. The van der Waals surface area contributed by atoms with Crippen LogP contribution >= 0.6 is 0 Å². The van der Waals surface area contributed by atoms with Crippen LogP contribution in [-0.4, -0.2) is 8.07 Å². The Morgan fingerprint density at radius 2 is 0.567 bits per heavy atom. The van der Waals surface area contributed by atoms with Crippen molar-refractivity contribution in [2.45, 2.75) is 0 Å². The highest BCUT2D eigenvalue weighted by atomic mass is 28.3. The van der Waals surface area contributed by atoms with Gasteiger partial charge in [-0.2, -0.15) is 0 Å². The van der Waals surface area contributed by atoms with E-state index in [2.05, 4.69) is 266 Å². The smallest absolute Gasteiger partial charge is 0.179 e. The van der Waals surface area contributed by atoms with Gasteiger partial charge in [0.15, 0.2) is 8.07 Å². The number of anilines is 3. The molecular weight excluding hydrogens is 739 g/mol. The van der Waals surface area contributed by atoms with Gasteiger partial charge in [-0.25, -0.2) is 0 Å². The highest BCUT2D eigenvalue weighted by Crippen LogP contribution is 2.40. The van der Waals surface area contributed by atoms with Crippen LogP contribution in [0.15, 0.2) is 261 Å². The Morgan fingerprint density at radius 3 is 1.02 bits per heavy atom. The normalized spacial score (nSPS) is 11.3.